The third kappa shape index (κ3) is 3.59. The van der Waals surface area contributed by atoms with Gasteiger partial charge in [0.05, 0.1) is 23.0 Å². The van der Waals surface area contributed by atoms with E-state index in [2.05, 4.69) is 24.5 Å². The molecule has 0 aromatic heterocycles. The minimum absolute atomic E-state index is 0.00778. The first-order valence-corrected chi connectivity index (χ1v) is 13.3. The van der Waals surface area contributed by atoms with Gasteiger partial charge in [0.15, 0.2) is 0 Å². The molecule has 1 aromatic rings. The number of hydrogen-bond acceptors (Lipinski definition) is 4. The molecule has 3 amide bonds. The van der Waals surface area contributed by atoms with Gasteiger partial charge in [0.1, 0.15) is 17.5 Å². The Labute approximate surface area is 214 Å². The van der Waals surface area contributed by atoms with Crippen LogP contribution in [0.2, 0.25) is 5.02 Å². The number of ether oxygens (including phenoxy) is 1. The van der Waals surface area contributed by atoms with Crippen molar-refractivity contribution in [3.8, 4) is 0 Å². The number of anilines is 1. The van der Waals surface area contributed by atoms with Crippen LogP contribution in [-0.4, -0.2) is 52.5 Å². The van der Waals surface area contributed by atoms with E-state index in [4.69, 9.17) is 16.3 Å². The highest BCUT2D eigenvalue weighted by atomic mass is 35.5. The van der Waals surface area contributed by atoms with Crippen molar-refractivity contribution in [2.75, 3.05) is 5.32 Å². The highest BCUT2D eigenvalue weighted by Crippen LogP contribution is 2.57. The number of amides is 3. The summed E-state index contributed by atoms with van der Waals surface area (Å²) < 4.78 is 19.9. The van der Waals surface area contributed by atoms with Crippen molar-refractivity contribution in [2.45, 2.75) is 75.8 Å². The summed E-state index contributed by atoms with van der Waals surface area (Å²) in [6.07, 6.45) is 7.84. The molecule has 3 heterocycles. The first-order valence-electron chi connectivity index (χ1n) is 13.0. The number of hydrogen-bond donors (Lipinski definition) is 2. The lowest BCUT2D eigenvalue weighted by Crippen LogP contribution is -2.58. The molecule has 4 fully saturated rings. The molecule has 2 N–H and O–H groups in total. The number of rotatable bonds is 5. The van der Waals surface area contributed by atoms with Crippen molar-refractivity contribution in [1.29, 1.82) is 0 Å². The van der Waals surface area contributed by atoms with E-state index in [0.717, 1.165) is 32.1 Å². The Morgan fingerprint density at radius 2 is 1.94 bits per heavy atom. The number of fused-ring (bicyclic) bond motifs is 1. The molecular weight excluding hydrogens is 485 g/mol. The van der Waals surface area contributed by atoms with E-state index in [1.807, 2.05) is 6.08 Å². The summed E-state index contributed by atoms with van der Waals surface area (Å²) in [4.78, 5) is 42.8. The van der Waals surface area contributed by atoms with E-state index in [-0.39, 0.29) is 28.9 Å². The second-order valence-corrected chi connectivity index (χ2v) is 11.6. The van der Waals surface area contributed by atoms with Gasteiger partial charge in [-0.25, -0.2) is 4.39 Å². The van der Waals surface area contributed by atoms with Gasteiger partial charge in [-0.3, -0.25) is 14.4 Å². The minimum Gasteiger partial charge on any atom is -0.359 e. The van der Waals surface area contributed by atoms with Crippen molar-refractivity contribution in [3.63, 3.8) is 0 Å². The van der Waals surface area contributed by atoms with Gasteiger partial charge in [0.25, 0.3) is 0 Å². The molecule has 2 bridgehead atoms. The van der Waals surface area contributed by atoms with Crippen molar-refractivity contribution in [1.82, 2.24) is 10.2 Å². The molecule has 1 spiro atoms. The Kier molecular flexibility index (Phi) is 5.68. The fourth-order valence-electron chi connectivity index (χ4n) is 6.80. The average Bonchev–Trinajstić information content (AvgIpc) is 3.43. The number of halogens is 2. The van der Waals surface area contributed by atoms with Gasteiger partial charge in [0.2, 0.25) is 17.7 Å². The lowest BCUT2D eigenvalue weighted by molar-refractivity contribution is -0.142. The molecule has 2 saturated heterocycles. The van der Waals surface area contributed by atoms with Gasteiger partial charge in [-0.1, -0.05) is 50.4 Å². The van der Waals surface area contributed by atoms with Gasteiger partial charge >= 0.3 is 0 Å². The van der Waals surface area contributed by atoms with Gasteiger partial charge in [-0.15, -0.1) is 0 Å². The molecule has 0 radical (unpaired) electrons. The Balaban J connectivity index is 1.28. The first kappa shape index (κ1) is 23.9. The van der Waals surface area contributed by atoms with E-state index in [1.54, 1.807) is 11.0 Å². The van der Waals surface area contributed by atoms with Crippen LogP contribution in [0.5, 0.6) is 0 Å². The number of nitrogens with one attached hydrogen (secondary N) is 2. The topological polar surface area (TPSA) is 87.7 Å². The monoisotopic (exact) mass is 515 g/mol. The van der Waals surface area contributed by atoms with Crippen LogP contribution in [0.3, 0.4) is 0 Å². The number of nitrogens with zero attached hydrogens (tertiary/aromatic N) is 1. The molecule has 2 aliphatic carbocycles. The molecule has 0 unspecified atom stereocenters. The van der Waals surface area contributed by atoms with Crippen LogP contribution in [0.15, 0.2) is 30.4 Å². The Morgan fingerprint density at radius 1 is 1.17 bits per heavy atom. The van der Waals surface area contributed by atoms with Gasteiger partial charge in [0, 0.05) is 17.8 Å². The maximum atomic E-state index is 13.8. The minimum atomic E-state index is -1.17. The second kappa shape index (κ2) is 8.55. The second-order valence-electron chi connectivity index (χ2n) is 11.2. The molecule has 5 aliphatic rings. The maximum Gasteiger partial charge on any atom is 0.246 e. The Hall–Kier alpha value is -2.45. The van der Waals surface area contributed by atoms with E-state index in [9.17, 15) is 18.8 Å². The van der Waals surface area contributed by atoms with Crippen LogP contribution in [0.1, 0.15) is 46.0 Å². The molecule has 192 valence electrons. The van der Waals surface area contributed by atoms with E-state index >= 15 is 0 Å². The highest BCUT2D eigenvalue weighted by Gasteiger charge is 2.74. The average molecular weight is 516 g/mol. The summed E-state index contributed by atoms with van der Waals surface area (Å²) in [5.74, 6) is -2.10. The van der Waals surface area contributed by atoms with Gasteiger partial charge in [-0.2, -0.15) is 0 Å². The third-order valence-electron chi connectivity index (χ3n) is 9.02. The molecule has 36 heavy (non-hydrogen) atoms. The summed E-state index contributed by atoms with van der Waals surface area (Å²) in [6.45, 7) is 4.39. The van der Waals surface area contributed by atoms with Crippen LogP contribution in [-0.2, 0) is 19.1 Å². The standard InChI is InChI=1S/C27H31ClFN3O4/c1-13-4-3-5-19(14(13)2)31-25(34)23-27-11-10-20(36-27)21(22(27)26(35)32(23)16-7-8-16)24(33)30-15-6-9-18(29)17(28)12-15/h6,9-14,16,19-23H,3-5,7-8H2,1-2H3,(H,30,33)(H,31,34)/t13-,14+,19+,20+,21-,22+,23+,27+/m1/s1. The molecular formula is C27H31ClFN3O4. The molecule has 2 saturated carbocycles. The highest BCUT2D eigenvalue weighted by molar-refractivity contribution is 6.31. The van der Waals surface area contributed by atoms with E-state index in [0.29, 0.717) is 17.5 Å². The fourth-order valence-corrected chi connectivity index (χ4v) is 6.98. The van der Waals surface area contributed by atoms with Crippen LogP contribution in [0, 0.1) is 29.5 Å². The fraction of sp³-hybridized carbons (Fsp3) is 0.593. The number of likely N-dealkylation sites (tertiary alicyclic amines) is 1. The lowest BCUT2D eigenvalue weighted by atomic mass is 9.73. The third-order valence-corrected chi connectivity index (χ3v) is 9.31. The molecule has 6 rings (SSSR count). The number of benzene rings is 1. The summed E-state index contributed by atoms with van der Waals surface area (Å²) in [7, 11) is 0. The maximum absolute atomic E-state index is 13.8. The van der Waals surface area contributed by atoms with E-state index in [1.165, 1.54) is 18.2 Å². The Bertz CT molecular complexity index is 1160. The normalized spacial score (nSPS) is 38.8. The first-order chi connectivity index (χ1) is 17.2. The van der Waals surface area contributed by atoms with Crippen LogP contribution in [0.25, 0.3) is 0 Å². The summed E-state index contributed by atoms with van der Waals surface area (Å²) in [5.41, 5.74) is -0.827. The Morgan fingerprint density at radius 3 is 2.67 bits per heavy atom. The van der Waals surface area contributed by atoms with Crippen molar-refractivity contribution >= 4 is 35.0 Å². The van der Waals surface area contributed by atoms with Crippen LogP contribution >= 0.6 is 11.6 Å². The predicted octanol–water partition coefficient (Wildman–Crippen LogP) is 3.67. The lowest BCUT2D eigenvalue weighted by Gasteiger charge is -2.38. The smallest absolute Gasteiger partial charge is 0.246 e. The van der Waals surface area contributed by atoms with Crippen LogP contribution in [0.4, 0.5) is 10.1 Å². The molecule has 1 aromatic carbocycles. The molecule has 7 nitrogen and oxygen atoms in total. The number of carbonyl (C=O) groups excluding carboxylic acids is 3. The zero-order valence-corrected chi connectivity index (χ0v) is 21.1. The summed E-state index contributed by atoms with van der Waals surface area (Å²) in [5, 5.41) is 5.93. The van der Waals surface area contributed by atoms with Gasteiger partial charge < -0.3 is 20.3 Å². The molecule has 8 atom stereocenters. The van der Waals surface area contributed by atoms with Crippen molar-refractivity contribution < 1.29 is 23.5 Å². The quantitative estimate of drug-likeness (QED) is 0.586. The van der Waals surface area contributed by atoms with Gasteiger partial charge in [-0.05, 0) is 49.3 Å². The summed E-state index contributed by atoms with van der Waals surface area (Å²) >= 11 is 5.88. The van der Waals surface area contributed by atoms with E-state index < -0.39 is 41.3 Å². The van der Waals surface area contributed by atoms with Crippen molar-refractivity contribution in [3.05, 3.63) is 41.2 Å². The van der Waals surface area contributed by atoms with Crippen LogP contribution < -0.4 is 10.6 Å². The zero-order chi connectivity index (χ0) is 25.4. The predicted molar refractivity (Wildman–Crippen MR) is 132 cm³/mol. The number of carbonyl (C=O) groups is 3. The summed E-state index contributed by atoms with van der Waals surface area (Å²) in [6, 6.07) is 3.19. The van der Waals surface area contributed by atoms with Crippen molar-refractivity contribution in [2.24, 2.45) is 23.7 Å². The SMILES string of the molecule is C[C@H]1[C@H](C)CCC[C@@H]1NC(=O)[C@@H]1N(C2CC2)C(=O)[C@@H]2[C@H](C(=O)Nc3ccc(F)c(Cl)c3)[C@@H]3C=C[C@]21O3. The molecule has 9 heteroatoms. The molecule has 3 aliphatic heterocycles. The zero-order valence-electron chi connectivity index (χ0n) is 20.4. The largest absolute Gasteiger partial charge is 0.359 e.